The average molecular weight is 361 g/mol. The van der Waals surface area contributed by atoms with Crippen LogP contribution in [0.5, 0.6) is 5.88 Å². The van der Waals surface area contributed by atoms with Gasteiger partial charge < -0.3 is 9.84 Å². The van der Waals surface area contributed by atoms with Gasteiger partial charge in [0, 0.05) is 12.6 Å². The lowest BCUT2D eigenvalue weighted by atomic mass is 10.1. The van der Waals surface area contributed by atoms with Gasteiger partial charge in [-0.1, -0.05) is 11.6 Å². The fraction of sp³-hybridized carbons (Fsp3) is 0.188. The molecule has 9 heteroatoms. The van der Waals surface area contributed by atoms with Crippen molar-refractivity contribution < 1.29 is 14.6 Å². The van der Waals surface area contributed by atoms with Crippen LogP contribution in [0, 0.1) is 18.3 Å². The number of esters is 1. The van der Waals surface area contributed by atoms with Gasteiger partial charge in [0.15, 0.2) is 5.69 Å². The van der Waals surface area contributed by atoms with Crippen molar-refractivity contribution in [3.05, 3.63) is 50.3 Å². The van der Waals surface area contributed by atoms with Gasteiger partial charge in [-0.15, -0.1) is 5.11 Å². The van der Waals surface area contributed by atoms with Crippen molar-refractivity contribution in [2.45, 2.75) is 6.92 Å². The molecule has 128 valence electrons. The number of benzene rings is 1. The van der Waals surface area contributed by atoms with E-state index in [1.54, 1.807) is 0 Å². The summed E-state index contributed by atoms with van der Waals surface area (Å²) in [6.45, 7) is 1.48. The first-order valence-corrected chi connectivity index (χ1v) is 7.31. The highest BCUT2D eigenvalue weighted by molar-refractivity contribution is 6.33. The Labute approximate surface area is 147 Å². The molecule has 0 aliphatic carbocycles. The fourth-order valence-electron chi connectivity index (χ4n) is 2.07. The number of carbonyl (C=O) groups excluding carboxylic acids is 1. The minimum absolute atomic E-state index is 0.0672. The lowest BCUT2D eigenvalue weighted by Gasteiger charge is -2.08. The first-order chi connectivity index (χ1) is 11.8. The highest BCUT2D eigenvalue weighted by Gasteiger charge is 2.17. The van der Waals surface area contributed by atoms with Gasteiger partial charge >= 0.3 is 5.97 Å². The van der Waals surface area contributed by atoms with Gasteiger partial charge in [-0.05, 0) is 25.1 Å². The van der Waals surface area contributed by atoms with E-state index in [1.807, 2.05) is 6.07 Å². The maximum absolute atomic E-state index is 12.2. The molecule has 25 heavy (non-hydrogen) atoms. The monoisotopic (exact) mass is 360 g/mol. The van der Waals surface area contributed by atoms with Gasteiger partial charge in [-0.3, -0.25) is 9.36 Å². The predicted octanol–water partition coefficient (Wildman–Crippen LogP) is 3.13. The molecule has 0 radical (unpaired) electrons. The molecular weight excluding hydrogens is 348 g/mol. The van der Waals surface area contributed by atoms with Crippen molar-refractivity contribution in [3.63, 3.8) is 0 Å². The number of rotatable bonds is 3. The first-order valence-electron chi connectivity index (χ1n) is 6.94. The summed E-state index contributed by atoms with van der Waals surface area (Å²) >= 11 is 5.92. The maximum atomic E-state index is 12.2. The minimum Gasteiger partial charge on any atom is -0.493 e. The molecule has 0 fully saturated rings. The zero-order chi connectivity index (χ0) is 18.7. The van der Waals surface area contributed by atoms with Gasteiger partial charge in [0.2, 0.25) is 5.88 Å². The second kappa shape index (κ2) is 7.15. The third-order valence-corrected chi connectivity index (χ3v) is 3.84. The zero-order valence-corrected chi connectivity index (χ0v) is 14.3. The van der Waals surface area contributed by atoms with Crippen LogP contribution in [0.3, 0.4) is 0 Å². The SMILES string of the molecule is COC(=O)c1cc(N=Nc2c(C)c(C#N)c(O)n(C)c2=O)ccc1Cl. The van der Waals surface area contributed by atoms with Crippen LogP contribution in [0.2, 0.25) is 5.02 Å². The summed E-state index contributed by atoms with van der Waals surface area (Å²) in [4.78, 5) is 23.9. The van der Waals surface area contributed by atoms with E-state index in [1.165, 1.54) is 39.3 Å². The number of hydrogen-bond donors (Lipinski definition) is 1. The molecule has 2 rings (SSSR count). The van der Waals surface area contributed by atoms with Crippen LogP contribution in [0.25, 0.3) is 0 Å². The van der Waals surface area contributed by atoms with Crippen LogP contribution < -0.4 is 5.56 Å². The Balaban J connectivity index is 2.55. The molecule has 8 nitrogen and oxygen atoms in total. The number of pyridine rings is 1. The number of hydrogen-bond acceptors (Lipinski definition) is 7. The van der Waals surface area contributed by atoms with Gasteiger partial charge in [0.25, 0.3) is 5.56 Å². The lowest BCUT2D eigenvalue weighted by Crippen LogP contribution is -2.18. The van der Waals surface area contributed by atoms with Gasteiger partial charge in [0.1, 0.15) is 11.6 Å². The van der Waals surface area contributed by atoms with Crippen LogP contribution in [0.1, 0.15) is 21.5 Å². The van der Waals surface area contributed by atoms with Crippen LogP contribution in [0.4, 0.5) is 11.4 Å². The number of azo groups is 1. The topological polar surface area (TPSA) is 117 Å². The van der Waals surface area contributed by atoms with Gasteiger partial charge in [-0.2, -0.15) is 10.4 Å². The van der Waals surface area contributed by atoms with Crippen LogP contribution >= 0.6 is 11.6 Å². The number of aromatic hydroxyl groups is 1. The highest BCUT2D eigenvalue weighted by Crippen LogP contribution is 2.27. The summed E-state index contributed by atoms with van der Waals surface area (Å²) in [7, 11) is 2.54. The summed E-state index contributed by atoms with van der Waals surface area (Å²) in [5.74, 6) is -1.08. The summed E-state index contributed by atoms with van der Waals surface area (Å²) < 4.78 is 5.52. The second-order valence-corrected chi connectivity index (χ2v) is 5.41. The normalized spacial score (nSPS) is 10.7. The van der Waals surface area contributed by atoms with Crippen molar-refractivity contribution in [1.29, 1.82) is 5.26 Å². The van der Waals surface area contributed by atoms with Crippen molar-refractivity contribution in [3.8, 4) is 11.9 Å². The second-order valence-electron chi connectivity index (χ2n) is 5.00. The molecule has 0 spiro atoms. The summed E-state index contributed by atoms with van der Waals surface area (Å²) in [6, 6.07) is 6.14. The van der Waals surface area contributed by atoms with E-state index in [0.717, 1.165) is 4.57 Å². The Morgan fingerprint density at radius 3 is 2.68 bits per heavy atom. The number of carbonyl (C=O) groups is 1. The summed E-state index contributed by atoms with van der Waals surface area (Å²) in [6.07, 6.45) is 0. The molecular formula is C16H13ClN4O4. The van der Waals surface area contributed by atoms with Crippen molar-refractivity contribution >= 4 is 28.9 Å². The Morgan fingerprint density at radius 2 is 2.08 bits per heavy atom. The Bertz CT molecular complexity index is 989. The molecule has 0 atom stereocenters. The summed E-state index contributed by atoms with van der Waals surface area (Å²) in [5, 5.41) is 26.9. The number of methoxy groups -OCH3 is 1. The quantitative estimate of drug-likeness (QED) is 0.666. The molecule has 0 unspecified atom stereocenters. The lowest BCUT2D eigenvalue weighted by molar-refractivity contribution is 0.0601. The number of ether oxygens (including phenoxy) is 1. The minimum atomic E-state index is -0.634. The third kappa shape index (κ3) is 3.36. The maximum Gasteiger partial charge on any atom is 0.339 e. The summed E-state index contributed by atoms with van der Waals surface area (Å²) in [5.41, 5.74) is -0.200. The largest absolute Gasteiger partial charge is 0.493 e. The molecule has 1 heterocycles. The Hall–Kier alpha value is -3.18. The third-order valence-electron chi connectivity index (χ3n) is 3.51. The standard InChI is InChI=1S/C16H13ClN4O4/c1-8-11(7-18)14(22)21(2)15(23)13(8)20-19-9-4-5-12(17)10(6-9)16(24)25-3/h4-6,22H,1-3H3. The number of nitrogens with zero attached hydrogens (tertiary/aromatic N) is 4. The van der Waals surface area contributed by atoms with E-state index >= 15 is 0 Å². The van der Waals surface area contributed by atoms with E-state index < -0.39 is 17.4 Å². The molecule has 1 aromatic heterocycles. The van der Waals surface area contributed by atoms with E-state index in [2.05, 4.69) is 15.0 Å². The van der Waals surface area contributed by atoms with Crippen molar-refractivity contribution in [2.75, 3.05) is 7.11 Å². The van der Waals surface area contributed by atoms with E-state index in [4.69, 9.17) is 16.9 Å². The fourth-order valence-corrected chi connectivity index (χ4v) is 2.27. The highest BCUT2D eigenvalue weighted by atomic mass is 35.5. The Morgan fingerprint density at radius 1 is 1.40 bits per heavy atom. The number of aromatic nitrogens is 1. The van der Waals surface area contributed by atoms with E-state index in [9.17, 15) is 14.7 Å². The molecule has 0 amide bonds. The molecule has 0 saturated heterocycles. The van der Waals surface area contributed by atoms with Crippen molar-refractivity contribution in [2.24, 2.45) is 17.3 Å². The van der Waals surface area contributed by atoms with Crippen LogP contribution in [-0.4, -0.2) is 22.8 Å². The first kappa shape index (κ1) is 18.2. The smallest absolute Gasteiger partial charge is 0.339 e. The average Bonchev–Trinajstić information content (AvgIpc) is 2.61. The molecule has 0 bridgehead atoms. The molecule has 1 N–H and O–H groups in total. The Kier molecular flexibility index (Phi) is 5.20. The van der Waals surface area contributed by atoms with Crippen LogP contribution in [-0.2, 0) is 11.8 Å². The molecule has 0 saturated carbocycles. The molecule has 2 aromatic rings. The van der Waals surface area contributed by atoms with Crippen molar-refractivity contribution in [1.82, 2.24) is 4.57 Å². The van der Waals surface area contributed by atoms with E-state index in [0.29, 0.717) is 0 Å². The van der Waals surface area contributed by atoms with Gasteiger partial charge in [-0.25, -0.2) is 4.79 Å². The zero-order valence-electron chi connectivity index (χ0n) is 13.6. The molecule has 1 aromatic carbocycles. The number of halogens is 1. The predicted molar refractivity (Wildman–Crippen MR) is 89.8 cm³/mol. The van der Waals surface area contributed by atoms with Gasteiger partial charge in [0.05, 0.1) is 23.4 Å². The molecule has 0 aliphatic rings. The molecule has 0 aliphatic heterocycles. The van der Waals surface area contributed by atoms with Crippen LogP contribution in [0.15, 0.2) is 33.2 Å². The van der Waals surface area contributed by atoms with E-state index in [-0.39, 0.29) is 33.1 Å². The number of nitriles is 1.